The third-order valence-corrected chi connectivity index (χ3v) is 3.88. The molecular formula is C14H25NO4. The lowest BCUT2D eigenvalue weighted by atomic mass is 9.89. The Bertz CT molecular complexity index is 327. The van der Waals surface area contributed by atoms with Crippen molar-refractivity contribution in [2.45, 2.75) is 39.5 Å². The molecule has 1 fully saturated rings. The highest BCUT2D eigenvalue weighted by Gasteiger charge is 2.34. The first kappa shape index (κ1) is 16.0. The van der Waals surface area contributed by atoms with Crippen LogP contribution in [0.3, 0.4) is 0 Å². The average molecular weight is 271 g/mol. The minimum Gasteiger partial charge on any atom is -0.481 e. The van der Waals surface area contributed by atoms with E-state index in [0.717, 1.165) is 6.42 Å². The second-order valence-electron chi connectivity index (χ2n) is 6.17. The Labute approximate surface area is 114 Å². The molecule has 1 aliphatic carbocycles. The van der Waals surface area contributed by atoms with Crippen molar-refractivity contribution in [2.75, 3.05) is 20.3 Å². The molecule has 0 radical (unpaired) electrons. The Morgan fingerprint density at radius 3 is 2.47 bits per heavy atom. The van der Waals surface area contributed by atoms with Gasteiger partial charge >= 0.3 is 5.97 Å². The zero-order valence-electron chi connectivity index (χ0n) is 12.1. The Morgan fingerprint density at radius 1 is 1.32 bits per heavy atom. The number of carboxylic acid groups (broad SMARTS) is 1. The van der Waals surface area contributed by atoms with Gasteiger partial charge in [0.2, 0.25) is 5.91 Å². The summed E-state index contributed by atoms with van der Waals surface area (Å²) < 4.78 is 5.05. The zero-order chi connectivity index (χ0) is 14.5. The van der Waals surface area contributed by atoms with Gasteiger partial charge in [-0.2, -0.15) is 0 Å². The molecule has 2 atom stereocenters. The molecule has 0 aliphatic heterocycles. The predicted molar refractivity (Wildman–Crippen MR) is 71.8 cm³/mol. The van der Waals surface area contributed by atoms with E-state index in [-0.39, 0.29) is 23.2 Å². The van der Waals surface area contributed by atoms with Gasteiger partial charge in [-0.15, -0.1) is 0 Å². The molecule has 1 rings (SSSR count). The largest absolute Gasteiger partial charge is 0.481 e. The maximum Gasteiger partial charge on any atom is 0.306 e. The van der Waals surface area contributed by atoms with Crippen molar-refractivity contribution in [1.29, 1.82) is 0 Å². The number of carbonyl (C=O) groups excluding carboxylic acids is 1. The van der Waals surface area contributed by atoms with Crippen LogP contribution in [0.4, 0.5) is 0 Å². The van der Waals surface area contributed by atoms with Gasteiger partial charge in [-0.3, -0.25) is 9.59 Å². The van der Waals surface area contributed by atoms with Crippen LogP contribution in [0.15, 0.2) is 0 Å². The second-order valence-corrected chi connectivity index (χ2v) is 6.17. The number of nitrogens with one attached hydrogen (secondary N) is 1. The Kier molecular flexibility index (Phi) is 5.79. The van der Waals surface area contributed by atoms with E-state index < -0.39 is 5.97 Å². The number of aliphatic carboxylic acids is 1. The lowest BCUT2D eigenvalue weighted by Crippen LogP contribution is -2.37. The first-order chi connectivity index (χ1) is 8.85. The van der Waals surface area contributed by atoms with Crippen molar-refractivity contribution in [2.24, 2.45) is 17.3 Å². The molecule has 0 aromatic heterocycles. The van der Waals surface area contributed by atoms with Gasteiger partial charge < -0.3 is 15.2 Å². The van der Waals surface area contributed by atoms with Crippen LogP contribution in [0.2, 0.25) is 0 Å². The number of hydrogen-bond acceptors (Lipinski definition) is 3. The molecule has 19 heavy (non-hydrogen) atoms. The lowest BCUT2D eigenvalue weighted by Gasteiger charge is -2.25. The fourth-order valence-corrected chi connectivity index (χ4v) is 2.38. The molecule has 2 unspecified atom stereocenters. The predicted octanol–water partition coefficient (Wildman–Crippen LogP) is 1.67. The molecule has 2 N–H and O–H groups in total. The van der Waals surface area contributed by atoms with Gasteiger partial charge in [0.1, 0.15) is 0 Å². The van der Waals surface area contributed by atoms with Gasteiger partial charge in [0.25, 0.3) is 0 Å². The summed E-state index contributed by atoms with van der Waals surface area (Å²) in [7, 11) is 1.67. The SMILES string of the molecule is COCCC(C)(C)CNC(=O)C1CCC(C(=O)O)C1. The van der Waals surface area contributed by atoms with Crippen molar-refractivity contribution in [3.8, 4) is 0 Å². The zero-order valence-corrected chi connectivity index (χ0v) is 12.1. The van der Waals surface area contributed by atoms with Crippen LogP contribution in [-0.2, 0) is 14.3 Å². The number of ether oxygens (including phenoxy) is 1. The van der Waals surface area contributed by atoms with Crippen LogP contribution in [0.5, 0.6) is 0 Å². The monoisotopic (exact) mass is 271 g/mol. The number of methoxy groups -OCH3 is 1. The molecule has 1 aliphatic rings. The molecule has 1 amide bonds. The number of hydrogen-bond donors (Lipinski definition) is 2. The summed E-state index contributed by atoms with van der Waals surface area (Å²) in [4.78, 5) is 22.9. The van der Waals surface area contributed by atoms with E-state index in [4.69, 9.17) is 9.84 Å². The summed E-state index contributed by atoms with van der Waals surface area (Å²) in [5.41, 5.74) is -0.00350. The fourth-order valence-electron chi connectivity index (χ4n) is 2.38. The topological polar surface area (TPSA) is 75.6 Å². The number of rotatable bonds is 7. The van der Waals surface area contributed by atoms with Gasteiger partial charge in [0.15, 0.2) is 0 Å². The van der Waals surface area contributed by atoms with Crippen molar-refractivity contribution in [1.82, 2.24) is 5.32 Å². The number of carbonyl (C=O) groups is 2. The summed E-state index contributed by atoms with van der Waals surface area (Å²) in [6, 6.07) is 0. The lowest BCUT2D eigenvalue weighted by molar-refractivity contribution is -0.141. The molecular weight excluding hydrogens is 246 g/mol. The molecule has 0 bridgehead atoms. The van der Waals surface area contributed by atoms with Crippen LogP contribution >= 0.6 is 0 Å². The highest BCUT2D eigenvalue weighted by atomic mass is 16.5. The van der Waals surface area contributed by atoms with Gasteiger partial charge in [-0.05, 0) is 31.1 Å². The third-order valence-electron chi connectivity index (χ3n) is 3.88. The standard InChI is InChI=1S/C14H25NO4/c1-14(2,6-7-19-3)9-15-12(16)10-4-5-11(8-10)13(17)18/h10-11H,4-9H2,1-3H3,(H,15,16)(H,17,18). The molecule has 0 saturated heterocycles. The normalized spacial score (nSPS) is 23.3. The molecule has 0 aromatic rings. The summed E-state index contributed by atoms with van der Waals surface area (Å²) in [5, 5.41) is 11.9. The fraction of sp³-hybridized carbons (Fsp3) is 0.857. The van der Waals surface area contributed by atoms with Gasteiger partial charge in [-0.1, -0.05) is 13.8 Å². The maximum atomic E-state index is 12.0. The maximum absolute atomic E-state index is 12.0. The van der Waals surface area contributed by atoms with E-state index in [1.807, 2.05) is 0 Å². The molecule has 0 aromatic carbocycles. The molecule has 1 saturated carbocycles. The Balaban J connectivity index is 2.34. The molecule has 0 heterocycles. The van der Waals surface area contributed by atoms with E-state index in [1.165, 1.54) is 0 Å². The quantitative estimate of drug-likeness (QED) is 0.738. The van der Waals surface area contributed by atoms with Crippen LogP contribution in [0.1, 0.15) is 39.5 Å². The molecule has 110 valence electrons. The van der Waals surface area contributed by atoms with E-state index in [9.17, 15) is 9.59 Å². The number of amides is 1. The van der Waals surface area contributed by atoms with Crippen LogP contribution in [-0.4, -0.2) is 37.2 Å². The van der Waals surface area contributed by atoms with Gasteiger partial charge in [0.05, 0.1) is 5.92 Å². The molecule has 5 heteroatoms. The Morgan fingerprint density at radius 2 is 1.95 bits per heavy atom. The van der Waals surface area contributed by atoms with E-state index in [2.05, 4.69) is 19.2 Å². The number of carboxylic acids is 1. The second kappa shape index (κ2) is 6.89. The Hall–Kier alpha value is -1.10. The summed E-state index contributed by atoms with van der Waals surface area (Å²) >= 11 is 0. The molecule has 5 nitrogen and oxygen atoms in total. The average Bonchev–Trinajstić information content (AvgIpc) is 2.83. The van der Waals surface area contributed by atoms with E-state index in [0.29, 0.717) is 32.4 Å². The van der Waals surface area contributed by atoms with Gasteiger partial charge in [-0.25, -0.2) is 0 Å². The smallest absolute Gasteiger partial charge is 0.306 e. The summed E-state index contributed by atoms with van der Waals surface area (Å²) in [6.07, 6.45) is 2.65. The van der Waals surface area contributed by atoms with Crippen LogP contribution < -0.4 is 5.32 Å². The van der Waals surface area contributed by atoms with Crippen molar-refractivity contribution in [3.05, 3.63) is 0 Å². The highest BCUT2D eigenvalue weighted by Crippen LogP contribution is 2.31. The van der Waals surface area contributed by atoms with Crippen LogP contribution in [0.25, 0.3) is 0 Å². The first-order valence-corrected chi connectivity index (χ1v) is 6.85. The third kappa shape index (κ3) is 5.19. The van der Waals surface area contributed by atoms with Crippen molar-refractivity contribution >= 4 is 11.9 Å². The van der Waals surface area contributed by atoms with Gasteiger partial charge in [0, 0.05) is 26.2 Å². The van der Waals surface area contributed by atoms with E-state index >= 15 is 0 Å². The minimum absolute atomic E-state index is 0.00350. The van der Waals surface area contributed by atoms with E-state index in [1.54, 1.807) is 7.11 Å². The summed E-state index contributed by atoms with van der Waals surface area (Å²) in [6.45, 7) is 5.44. The van der Waals surface area contributed by atoms with Crippen molar-refractivity contribution in [3.63, 3.8) is 0 Å². The van der Waals surface area contributed by atoms with Crippen LogP contribution in [0, 0.1) is 17.3 Å². The van der Waals surface area contributed by atoms with Crippen molar-refractivity contribution < 1.29 is 19.4 Å². The minimum atomic E-state index is -0.782. The molecule has 0 spiro atoms. The highest BCUT2D eigenvalue weighted by molar-refractivity contribution is 5.80. The first-order valence-electron chi connectivity index (χ1n) is 6.85. The summed E-state index contributed by atoms with van der Waals surface area (Å²) in [5.74, 6) is -1.28.